The van der Waals surface area contributed by atoms with E-state index in [9.17, 15) is 12.8 Å². The number of halogens is 2. The van der Waals surface area contributed by atoms with Gasteiger partial charge < -0.3 is 5.32 Å². The summed E-state index contributed by atoms with van der Waals surface area (Å²) in [4.78, 5) is 0. The molecule has 3 nitrogen and oxygen atoms in total. The molecule has 1 rings (SSSR count). The lowest BCUT2D eigenvalue weighted by atomic mass is 9.94. The van der Waals surface area contributed by atoms with Crippen molar-refractivity contribution in [2.45, 2.75) is 31.6 Å². The Kier molecular flexibility index (Phi) is 5.15. The minimum atomic E-state index is -3.35. The fraction of sp³-hybridized carbons (Fsp3) is 0.538. The van der Waals surface area contributed by atoms with Crippen molar-refractivity contribution in [3.05, 3.63) is 34.1 Å². The molecule has 0 radical (unpaired) electrons. The van der Waals surface area contributed by atoms with Crippen LogP contribution < -0.4 is 5.32 Å². The van der Waals surface area contributed by atoms with Crippen LogP contribution in [0.25, 0.3) is 0 Å². The lowest BCUT2D eigenvalue weighted by Gasteiger charge is -2.34. The van der Waals surface area contributed by atoms with E-state index in [1.165, 1.54) is 6.26 Å². The number of sulfone groups is 1. The summed E-state index contributed by atoms with van der Waals surface area (Å²) in [7, 11) is -3.35. The highest BCUT2D eigenvalue weighted by Gasteiger charge is 2.40. The molecule has 0 aliphatic carbocycles. The molecule has 108 valence electrons. The predicted octanol–water partition coefficient (Wildman–Crippen LogP) is 3.06. The van der Waals surface area contributed by atoms with Crippen LogP contribution in [0.2, 0.25) is 0 Å². The van der Waals surface area contributed by atoms with E-state index in [0.717, 1.165) is 0 Å². The molecule has 0 amide bonds. The summed E-state index contributed by atoms with van der Waals surface area (Å²) in [5.41, 5.74) is 0.353. The van der Waals surface area contributed by atoms with Gasteiger partial charge in [-0.25, -0.2) is 12.8 Å². The van der Waals surface area contributed by atoms with Gasteiger partial charge in [0.1, 0.15) is 5.82 Å². The Morgan fingerprint density at radius 2 is 2.00 bits per heavy atom. The van der Waals surface area contributed by atoms with E-state index < -0.39 is 26.4 Å². The zero-order chi connectivity index (χ0) is 14.8. The van der Waals surface area contributed by atoms with Crippen LogP contribution in [0.15, 0.2) is 22.7 Å². The summed E-state index contributed by atoms with van der Waals surface area (Å²) < 4.78 is 37.4. The summed E-state index contributed by atoms with van der Waals surface area (Å²) in [6.45, 7) is 5.63. The van der Waals surface area contributed by atoms with E-state index in [0.29, 0.717) is 16.6 Å². The molecule has 1 N–H and O–H groups in total. The fourth-order valence-electron chi connectivity index (χ4n) is 1.89. The highest BCUT2D eigenvalue weighted by molar-refractivity contribution is 9.10. The largest absolute Gasteiger partial charge is 0.309 e. The molecule has 0 spiro atoms. The van der Waals surface area contributed by atoms with Crippen molar-refractivity contribution in [2.24, 2.45) is 0 Å². The smallest absolute Gasteiger partial charge is 0.154 e. The molecule has 0 fully saturated rings. The number of hydrogen-bond acceptors (Lipinski definition) is 3. The molecule has 0 aliphatic rings. The Bertz CT molecular complexity index is 558. The summed E-state index contributed by atoms with van der Waals surface area (Å²) in [5.74, 6) is -0.426. The maximum Gasteiger partial charge on any atom is 0.154 e. The highest BCUT2D eigenvalue weighted by Crippen LogP contribution is 2.35. The third kappa shape index (κ3) is 3.35. The third-order valence-corrected chi connectivity index (χ3v) is 6.11. The molecule has 6 heteroatoms. The quantitative estimate of drug-likeness (QED) is 0.886. The van der Waals surface area contributed by atoms with Crippen LogP contribution in [-0.2, 0) is 9.84 Å². The Hall–Kier alpha value is -0.460. The molecule has 1 atom stereocenters. The van der Waals surface area contributed by atoms with Gasteiger partial charge in [0, 0.05) is 11.8 Å². The molecule has 0 aliphatic heterocycles. The number of rotatable bonds is 5. The van der Waals surface area contributed by atoms with Crippen LogP contribution >= 0.6 is 15.9 Å². The molecule has 0 bridgehead atoms. The normalized spacial score (nSPS) is 14.4. The Morgan fingerprint density at radius 3 is 2.47 bits per heavy atom. The van der Waals surface area contributed by atoms with Gasteiger partial charge in [-0.3, -0.25) is 0 Å². The minimum Gasteiger partial charge on any atom is -0.309 e. The van der Waals surface area contributed by atoms with Gasteiger partial charge in [-0.2, -0.15) is 0 Å². The van der Waals surface area contributed by atoms with Gasteiger partial charge in [-0.05, 0) is 42.4 Å². The molecule has 19 heavy (non-hydrogen) atoms. The second-order valence-corrected chi connectivity index (χ2v) is 8.46. The summed E-state index contributed by atoms with van der Waals surface area (Å²) >= 11 is 3.13. The van der Waals surface area contributed by atoms with E-state index in [1.54, 1.807) is 32.0 Å². The van der Waals surface area contributed by atoms with Gasteiger partial charge >= 0.3 is 0 Å². The summed E-state index contributed by atoms with van der Waals surface area (Å²) in [5, 5.41) is 3.07. The molecule has 0 saturated heterocycles. The average molecular weight is 352 g/mol. The van der Waals surface area contributed by atoms with Gasteiger partial charge in [-0.15, -0.1) is 0 Å². The van der Waals surface area contributed by atoms with Crippen molar-refractivity contribution in [3.8, 4) is 0 Å². The van der Waals surface area contributed by atoms with Crippen LogP contribution in [0.3, 0.4) is 0 Å². The highest BCUT2D eigenvalue weighted by atomic mass is 79.9. The number of hydrogen-bond donors (Lipinski definition) is 1. The topological polar surface area (TPSA) is 46.2 Å². The maximum atomic E-state index is 14.2. The molecule has 0 saturated carbocycles. The van der Waals surface area contributed by atoms with Gasteiger partial charge in [0.15, 0.2) is 9.84 Å². The number of nitrogens with one attached hydrogen (secondary N) is 1. The molecular formula is C13H19BrFNO2S. The van der Waals surface area contributed by atoms with Crippen LogP contribution in [0.1, 0.15) is 32.4 Å². The average Bonchev–Trinajstić information content (AvgIpc) is 2.28. The molecular weight excluding hydrogens is 333 g/mol. The second kappa shape index (κ2) is 5.89. The molecule has 1 aromatic rings. The van der Waals surface area contributed by atoms with Crippen LogP contribution in [0.4, 0.5) is 4.39 Å². The van der Waals surface area contributed by atoms with E-state index in [2.05, 4.69) is 21.2 Å². The van der Waals surface area contributed by atoms with E-state index >= 15 is 0 Å². The zero-order valence-corrected chi connectivity index (χ0v) is 13.9. The van der Waals surface area contributed by atoms with Crippen molar-refractivity contribution in [1.82, 2.24) is 5.32 Å². The van der Waals surface area contributed by atoms with E-state index in [1.807, 2.05) is 6.92 Å². The first-order chi connectivity index (χ1) is 8.63. The van der Waals surface area contributed by atoms with Gasteiger partial charge in [0.25, 0.3) is 0 Å². The monoisotopic (exact) mass is 351 g/mol. The van der Waals surface area contributed by atoms with Crippen LogP contribution in [0, 0.1) is 5.82 Å². The third-order valence-electron chi connectivity index (χ3n) is 3.35. The molecule has 0 heterocycles. The zero-order valence-electron chi connectivity index (χ0n) is 11.5. The standard InChI is InChI=1S/C13H19BrFNO2S/c1-5-16-12(13(2,3)19(4,17)18)9-7-6-8-10(14)11(9)15/h6-8,12,16H,5H2,1-4H3. The van der Waals surface area contributed by atoms with Crippen LogP contribution in [-0.4, -0.2) is 26.0 Å². The van der Waals surface area contributed by atoms with Crippen molar-refractivity contribution in [2.75, 3.05) is 12.8 Å². The van der Waals surface area contributed by atoms with E-state index in [4.69, 9.17) is 0 Å². The lowest BCUT2D eigenvalue weighted by Crippen LogP contribution is -2.45. The van der Waals surface area contributed by atoms with E-state index in [-0.39, 0.29) is 0 Å². The first kappa shape index (κ1) is 16.6. The minimum absolute atomic E-state index is 0.331. The van der Waals surface area contributed by atoms with Crippen molar-refractivity contribution >= 4 is 25.8 Å². The SMILES string of the molecule is CCNC(c1cccc(Br)c1F)C(C)(C)S(C)(=O)=O. The Morgan fingerprint density at radius 1 is 1.42 bits per heavy atom. The molecule has 0 aromatic heterocycles. The fourth-order valence-corrected chi connectivity index (χ4v) is 2.91. The van der Waals surface area contributed by atoms with Gasteiger partial charge in [-0.1, -0.05) is 19.1 Å². The number of benzene rings is 1. The van der Waals surface area contributed by atoms with Crippen molar-refractivity contribution in [3.63, 3.8) is 0 Å². The summed E-state index contributed by atoms with van der Waals surface area (Å²) in [6, 6.07) is 4.30. The van der Waals surface area contributed by atoms with Crippen LogP contribution in [0.5, 0.6) is 0 Å². The first-order valence-corrected chi connectivity index (χ1v) is 8.68. The maximum absolute atomic E-state index is 14.2. The lowest BCUT2D eigenvalue weighted by molar-refractivity contribution is 0.413. The van der Waals surface area contributed by atoms with Crippen molar-refractivity contribution < 1.29 is 12.8 Å². The van der Waals surface area contributed by atoms with Gasteiger partial charge in [0.2, 0.25) is 0 Å². The molecule has 1 aromatic carbocycles. The predicted molar refractivity (Wildman–Crippen MR) is 79.4 cm³/mol. The van der Waals surface area contributed by atoms with Crippen molar-refractivity contribution in [1.29, 1.82) is 0 Å². The first-order valence-electron chi connectivity index (χ1n) is 5.99. The second-order valence-electron chi connectivity index (χ2n) is 5.01. The van der Waals surface area contributed by atoms with Gasteiger partial charge in [0.05, 0.1) is 15.3 Å². The Balaban J connectivity index is 3.41. The molecule has 1 unspecified atom stereocenters. The Labute approximate surface area is 122 Å². The summed E-state index contributed by atoms with van der Waals surface area (Å²) in [6.07, 6.45) is 1.17.